The van der Waals surface area contributed by atoms with Crippen LogP contribution in [0.1, 0.15) is 40.2 Å². The van der Waals surface area contributed by atoms with Crippen molar-refractivity contribution in [3.8, 4) is 5.69 Å². The number of hydrogen-bond donors (Lipinski definition) is 1. The van der Waals surface area contributed by atoms with E-state index in [0.717, 1.165) is 35.5 Å². The van der Waals surface area contributed by atoms with E-state index in [1.54, 1.807) is 0 Å². The van der Waals surface area contributed by atoms with Gasteiger partial charge < -0.3 is 9.88 Å². The van der Waals surface area contributed by atoms with Crippen molar-refractivity contribution >= 4 is 5.91 Å². The monoisotopic (exact) mass is 268 g/mol. The molecule has 1 saturated carbocycles. The van der Waals surface area contributed by atoms with Crippen LogP contribution in [0, 0.1) is 20.8 Å². The fraction of sp³-hybridized carbons (Fsp3) is 0.353. The Morgan fingerprint density at radius 1 is 1.20 bits per heavy atom. The summed E-state index contributed by atoms with van der Waals surface area (Å²) in [4.78, 5) is 12.3. The number of aryl methyl sites for hydroxylation is 2. The second kappa shape index (κ2) is 4.82. The third-order valence-corrected chi connectivity index (χ3v) is 3.94. The molecule has 3 heteroatoms. The van der Waals surface area contributed by atoms with Crippen molar-refractivity contribution < 1.29 is 4.79 Å². The van der Waals surface area contributed by atoms with E-state index in [9.17, 15) is 4.79 Å². The number of nitrogens with one attached hydrogen (secondary N) is 1. The maximum absolute atomic E-state index is 12.3. The van der Waals surface area contributed by atoms with E-state index in [-0.39, 0.29) is 5.91 Å². The fourth-order valence-corrected chi connectivity index (χ4v) is 2.67. The average Bonchev–Trinajstić information content (AvgIpc) is 3.17. The third-order valence-electron chi connectivity index (χ3n) is 3.94. The van der Waals surface area contributed by atoms with Gasteiger partial charge in [-0.25, -0.2) is 0 Å². The zero-order chi connectivity index (χ0) is 14.3. The predicted octanol–water partition coefficient (Wildman–Crippen LogP) is 3.29. The Hall–Kier alpha value is -2.03. The first-order valence-corrected chi connectivity index (χ1v) is 7.13. The molecule has 1 aromatic heterocycles. The van der Waals surface area contributed by atoms with Gasteiger partial charge in [0.05, 0.1) is 5.56 Å². The smallest absolute Gasteiger partial charge is 0.253 e. The molecule has 0 aliphatic heterocycles. The number of carbonyl (C=O) groups excluding carboxylic acids is 1. The van der Waals surface area contributed by atoms with Gasteiger partial charge in [-0.1, -0.05) is 18.2 Å². The van der Waals surface area contributed by atoms with E-state index in [1.165, 1.54) is 5.56 Å². The normalized spacial score (nSPS) is 14.3. The Kier molecular flexibility index (Phi) is 3.13. The molecule has 0 atom stereocenters. The third kappa shape index (κ3) is 2.24. The van der Waals surface area contributed by atoms with Crippen LogP contribution in [-0.2, 0) is 0 Å². The van der Waals surface area contributed by atoms with Crippen LogP contribution in [0.15, 0.2) is 30.3 Å². The van der Waals surface area contributed by atoms with E-state index >= 15 is 0 Å². The molecule has 0 unspecified atom stereocenters. The van der Waals surface area contributed by atoms with Crippen molar-refractivity contribution in [1.29, 1.82) is 0 Å². The van der Waals surface area contributed by atoms with Crippen LogP contribution in [0.2, 0.25) is 0 Å². The van der Waals surface area contributed by atoms with Crippen LogP contribution in [0.25, 0.3) is 5.69 Å². The molecule has 1 amide bonds. The van der Waals surface area contributed by atoms with Crippen molar-refractivity contribution in [3.63, 3.8) is 0 Å². The van der Waals surface area contributed by atoms with Gasteiger partial charge in [-0.3, -0.25) is 4.79 Å². The molecule has 0 saturated heterocycles. The number of rotatable bonds is 3. The summed E-state index contributed by atoms with van der Waals surface area (Å²) in [6.07, 6.45) is 2.23. The lowest BCUT2D eigenvalue weighted by atomic mass is 10.2. The summed E-state index contributed by atoms with van der Waals surface area (Å²) in [5.41, 5.74) is 5.25. The van der Waals surface area contributed by atoms with E-state index in [0.29, 0.717) is 6.04 Å². The first-order chi connectivity index (χ1) is 9.58. The van der Waals surface area contributed by atoms with Crippen LogP contribution >= 0.6 is 0 Å². The van der Waals surface area contributed by atoms with E-state index in [4.69, 9.17) is 0 Å². The summed E-state index contributed by atoms with van der Waals surface area (Å²) in [7, 11) is 0. The molecule has 1 aromatic carbocycles. The molecule has 20 heavy (non-hydrogen) atoms. The number of aromatic nitrogens is 1. The number of nitrogens with zero attached hydrogens (tertiary/aromatic N) is 1. The quantitative estimate of drug-likeness (QED) is 0.910. The summed E-state index contributed by atoms with van der Waals surface area (Å²) in [5.74, 6) is 0.0560. The van der Waals surface area contributed by atoms with Gasteiger partial charge in [-0.15, -0.1) is 0 Å². The summed E-state index contributed by atoms with van der Waals surface area (Å²) in [5, 5.41) is 3.07. The lowest BCUT2D eigenvalue weighted by molar-refractivity contribution is 0.0950. The Morgan fingerprint density at radius 2 is 1.90 bits per heavy atom. The van der Waals surface area contributed by atoms with E-state index in [1.807, 2.05) is 32.0 Å². The Morgan fingerprint density at radius 3 is 2.55 bits per heavy atom. The summed E-state index contributed by atoms with van der Waals surface area (Å²) in [6.45, 7) is 6.16. The minimum atomic E-state index is 0.0560. The zero-order valence-electron chi connectivity index (χ0n) is 12.2. The Balaban J connectivity index is 2.02. The molecular weight excluding hydrogens is 248 g/mol. The van der Waals surface area contributed by atoms with Crippen molar-refractivity contribution in [1.82, 2.24) is 9.88 Å². The highest BCUT2D eigenvalue weighted by atomic mass is 16.1. The van der Waals surface area contributed by atoms with Crippen molar-refractivity contribution in [2.24, 2.45) is 0 Å². The van der Waals surface area contributed by atoms with Gasteiger partial charge >= 0.3 is 0 Å². The molecular formula is C17H20N2O. The molecule has 1 N–H and O–H groups in total. The van der Waals surface area contributed by atoms with Gasteiger partial charge in [0.2, 0.25) is 0 Å². The van der Waals surface area contributed by atoms with Crippen LogP contribution in [0.3, 0.4) is 0 Å². The number of carbonyl (C=O) groups is 1. The second-order valence-corrected chi connectivity index (χ2v) is 5.65. The number of benzene rings is 1. The first-order valence-electron chi connectivity index (χ1n) is 7.13. The van der Waals surface area contributed by atoms with Crippen LogP contribution in [0.5, 0.6) is 0 Å². The fourth-order valence-electron chi connectivity index (χ4n) is 2.67. The molecule has 1 fully saturated rings. The largest absolute Gasteiger partial charge is 0.349 e. The molecule has 0 radical (unpaired) electrons. The highest BCUT2D eigenvalue weighted by Gasteiger charge is 2.25. The molecule has 1 heterocycles. The summed E-state index contributed by atoms with van der Waals surface area (Å²) >= 11 is 0. The maximum atomic E-state index is 12.3. The second-order valence-electron chi connectivity index (χ2n) is 5.65. The molecule has 0 spiro atoms. The van der Waals surface area contributed by atoms with E-state index in [2.05, 4.69) is 28.9 Å². The minimum Gasteiger partial charge on any atom is -0.349 e. The molecule has 1 aliphatic rings. The lowest BCUT2D eigenvalue weighted by Crippen LogP contribution is -2.25. The molecule has 1 aliphatic carbocycles. The predicted molar refractivity (Wildman–Crippen MR) is 80.5 cm³/mol. The topological polar surface area (TPSA) is 34.0 Å². The average molecular weight is 268 g/mol. The molecule has 0 bridgehead atoms. The van der Waals surface area contributed by atoms with Gasteiger partial charge in [0.25, 0.3) is 5.91 Å². The Bertz CT molecular complexity index is 666. The zero-order valence-corrected chi connectivity index (χ0v) is 12.2. The highest BCUT2D eigenvalue weighted by molar-refractivity contribution is 5.96. The summed E-state index contributed by atoms with van der Waals surface area (Å²) in [6, 6.07) is 10.6. The molecule has 3 nitrogen and oxygen atoms in total. The molecule has 2 aromatic rings. The van der Waals surface area contributed by atoms with Crippen molar-refractivity contribution in [3.05, 3.63) is 52.8 Å². The van der Waals surface area contributed by atoms with E-state index < -0.39 is 0 Å². The first kappa shape index (κ1) is 13.0. The number of amides is 1. The SMILES string of the molecule is Cc1ccccc1-n1c(C)cc(C(=O)NC2CC2)c1C. The highest BCUT2D eigenvalue weighted by Crippen LogP contribution is 2.24. The summed E-state index contributed by atoms with van der Waals surface area (Å²) < 4.78 is 2.16. The molecule has 104 valence electrons. The van der Waals surface area contributed by atoms with Crippen LogP contribution in [-0.4, -0.2) is 16.5 Å². The van der Waals surface area contributed by atoms with Crippen molar-refractivity contribution in [2.75, 3.05) is 0 Å². The Labute approximate surface area is 119 Å². The van der Waals surface area contributed by atoms with Crippen LogP contribution in [0.4, 0.5) is 0 Å². The van der Waals surface area contributed by atoms with Crippen molar-refractivity contribution in [2.45, 2.75) is 39.7 Å². The van der Waals surface area contributed by atoms with Gasteiger partial charge in [-0.2, -0.15) is 0 Å². The number of para-hydroxylation sites is 1. The minimum absolute atomic E-state index is 0.0560. The standard InChI is InChI=1S/C17H20N2O/c1-11-6-4-5-7-16(11)19-12(2)10-15(13(19)3)17(20)18-14-8-9-14/h4-7,10,14H,8-9H2,1-3H3,(H,18,20). The lowest BCUT2D eigenvalue weighted by Gasteiger charge is -2.12. The van der Waals surface area contributed by atoms with Gasteiger partial charge in [0.1, 0.15) is 0 Å². The van der Waals surface area contributed by atoms with Gasteiger partial charge in [-0.05, 0) is 51.3 Å². The molecule has 3 rings (SSSR count). The number of hydrogen-bond acceptors (Lipinski definition) is 1. The van der Waals surface area contributed by atoms with Gasteiger partial charge in [0.15, 0.2) is 0 Å². The van der Waals surface area contributed by atoms with Gasteiger partial charge in [0, 0.05) is 23.1 Å². The maximum Gasteiger partial charge on any atom is 0.253 e. The van der Waals surface area contributed by atoms with Crippen LogP contribution < -0.4 is 5.32 Å².